The molecule has 3 unspecified atom stereocenters. The van der Waals surface area contributed by atoms with E-state index in [0.717, 1.165) is 102 Å². The van der Waals surface area contributed by atoms with Gasteiger partial charge in [0, 0.05) is 25.7 Å². The monoisotopic (exact) mass is 1270 g/mol. The second-order valence-electron chi connectivity index (χ2n) is 24.5. The van der Waals surface area contributed by atoms with Crippen LogP contribution in [0.2, 0.25) is 0 Å². The molecule has 0 aromatic heterocycles. The van der Waals surface area contributed by atoms with E-state index in [4.69, 9.17) is 37.0 Å². The summed E-state index contributed by atoms with van der Waals surface area (Å²) in [6, 6.07) is 0. The lowest BCUT2D eigenvalue weighted by Crippen LogP contribution is -2.30. The van der Waals surface area contributed by atoms with Crippen molar-refractivity contribution in [2.24, 2.45) is 5.92 Å². The van der Waals surface area contributed by atoms with E-state index >= 15 is 0 Å². The van der Waals surface area contributed by atoms with Crippen molar-refractivity contribution in [3.8, 4) is 0 Å². The quantitative estimate of drug-likeness (QED) is 0.0222. The molecule has 0 aromatic carbocycles. The maximum absolute atomic E-state index is 13.0. The highest BCUT2D eigenvalue weighted by Gasteiger charge is 2.30. The minimum Gasteiger partial charge on any atom is -0.462 e. The Kier molecular flexibility index (Phi) is 59.2. The summed E-state index contributed by atoms with van der Waals surface area (Å²) in [5.74, 6) is -1.35. The number of esters is 4. The molecule has 0 spiro atoms. The van der Waals surface area contributed by atoms with Gasteiger partial charge in [0.2, 0.25) is 0 Å². The molecule has 0 rings (SSSR count). The Morgan fingerprint density at radius 1 is 0.326 bits per heavy atom. The molecular formula is C67H130O17P2. The van der Waals surface area contributed by atoms with Crippen molar-refractivity contribution in [3.05, 3.63) is 0 Å². The van der Waals surface area contributed by atoms with Gasteiger partial charge in [0.1, 0.15) is 19.3 Å². The first-order valence-electron chi connectivity index (χ1n) is 35.2. The van der Waals surface area contributed by atoms with Crippen LogP contribution in [0, 0.1) is 5.92 Å². The first kappa shape index (κ1) is 84.1. The predicted molar refractivity (Wildman–Crippen MR) is 345 cm³/mol. The first-order valence-corrected chi connectivity index (χ1v) is 38.2. The molecular weight excluding hydrogens is 1140 g/mol. The summed E-state index contributed by atoms with van der Waals surface area (Å²) in [6.45, 7) is 7.19. The molecule has 19 heteroatoms. The van der Waals surface area contributed by atoms with Crippen LogP contribution in [0.25, 0.3) is 0 Å². The lowest BCUT2D eigenvalue weighted by Gasteiger charge is -2.21. The Morgan fingerprint density at radius 3 is 0.826 bits per heavy atom. The minimum atomic E-state index is -4.95. The molecule has 0 fully saturated rings. The van der Waals surface area contributed by atoms with Crippen LogP contribution < -0.4 is 0 Å². The number of carbonyl (C=O) groups excluding carboxylic acids is 4. The molecule has 6 atom stereocenters. The SMILES string of the molecule is CCCCCCCCCCCCCCCCCCC(=O)O[C@H](COC(=O)CCCCCCCCCCC(C)CC)COP(=O)(O)OC[C@@H](O)COP(=O)(O)OC[C@@H](COC(=O)CCCCCCCCCC)OC(=O)CCCCCCCCCCCC. The van der Waals surface area contributed by atoms with E-state index in [1.54, 1.807) is 0 Å². The van der Waals surface area contributed by atoms with Crippen LogP contribution in [0.4, 0.5) is 0 Å². The van der Waals surface area contributed by atoms with Gasteiger partial charge in [-0.05, 0) is 31.6 Å². The summed E-state index contributed by atoms with van der Waals surface area (Å²) in [5, 5.41) is 10.6. The Hall–Kier alpha value is -1.94. The van der Waals surface area contributed by atoms with E-state index in [1.807, 2.05) is 0 Å². The Labute approximate surface area is 524 Å². The van der Waals surface area contributed by atoms with Crippen molar-refractivity contribution in [3.63, 3.8) is 0 Å². The normalized spacial score (nSPS) is 14.5. The smallest absolute Gasteiger partial charge is 0.462 e. The summed E-state index contributed by atoms with van der Waals surface area (Å²) in [5.41, 5.74) is 0. The second kappa shape index (κ2) is 60.6. The maximum atomic E-state index is 13.0. The molecule has 17 nitrogen and oxygen atoms in total. The van der Waals surface area contributed by atoms with Gasteiger partial charge < -0.3 is 33.8 Å². The van der Waals surface area contributed by atoms with Gasteiger partial charge in [-0.2, -0.15) is 0 Å². The molecule has 0 heterocycles. The standard InChI is InChI=1S/C67H130O17P2/c1-6-10-13-16-19-22-24-25-26-27-28-29-31-38-43-48-53-67(72)84-63(57-78-65(70)51-46-41-36-33-32-34-39-44-49-60(5)9-4)59-82-86(75,76)80-55-61(68)54-79-85(73,74)81-58-62(56-77-64(69)50-45-40-35-21-18-15-12-8-3)83-66(71)52-47-42-37-30-23-20-17-14-11-7-2/h60-63,68H,6-59H2,1-5H3,(H,73,74)(H,75,76)/t60?,61-,62+,63+/m0/s1. The number of hydrogen-bond donors (Lipinski definition) is 3. The predicted octanol–water partition coefficient (Wildman–Crippen LogP) is 19.0. The van der Waals surface area contributed by atoms with Crippen LogP contribution in [0.1, 0.15) is 343 Å². The zero-order chi connectivity index (χ0) is 63.5. The van der Waals surface area contributed by atoms with E-state index in [2.05, 4.69) is 34.6 Å². The number of phosphoric acid groups is 2. The zero-order valence-corrected chi connectivity index (χ0v) is 57.2. The number of ether oxygens (including phenoxy) is 4. The fourth-order valence-electron chi connectivity index (χ4n) is 10.1. The first-order chi connectivity index (χ1) is 41.6. The second-order valence-corrected chi connectivity index (χ2v) is 27.4. The van der Waals surface area contributed by atoms with Crippen molar-refractivity contribution >= 4 is 39.5 Å². The van der Waals surface area contributed by atoms with Gasteiger partial charge in [-0.1, -0.05) is 291 Å². The van der Waals surface area contributed by atoms with Crippen LogP contribution in [0.5, 0.6) is 0 Å². The number of hydrogen-bond acceptors (Lipinski definition) is 15. The lowest BCUT2D eigenvalue weighted by atomic mass is 9.99. The largest absolute Gasteiger partial charge is 0.472 e. The zero-order valence-electron chi connectivity index (χ0n) is 55.4. The van der Waals surface area contributed by atoms with Crippen molar-refractivity contribution < 1.29 is 80.2 Å². The molecule has 0 saturated carbocycles. The highest BCUT2D eigenvalue weighted by Crippen LogP contribution is 2.45. The van der Waals surface area contributed by atoms with Crippen LogP contribution >= 0.6 is 15.6 Å². The van der Waals surface area contributed by atoms with Crippen LogP contribution in [-0.4, -0.2) is 96.7 Å². The number of aliphatic hydroxyl groups is 1. The average molecular weight is 1270 g/mol. The average Bonchev–Trinajstić information content (AvgIpc) is 3.64. The minimum absolute atomic E-state index is 0.106. The summed E-state index contributed by atoms with van der Waals surface area (Å²) in [7, 11) is -9.89. The third-order valence-electron chi connectivity index (χ3n) is 15.9. The van der Waals surface area contributed by atoms with E-state index < -0.39 is 97.5 Å². The van der Waals surface area contributed by atoms with Gasteiger partial charge in [-0.15, -0.1) is 0 Å². The third kappa shape index (κ3) is 59.7. The Bertz CT molecular complexity index is 1670. The maximum Gasteiger partial charge on any atom is 0.472 e. The molecule has 0 aliphatic rings. The fraction of sp³-hybridized carbons (Fsp3) is 0.940. The third-order valence-corrected chi connectivity index (χ3v) is 17.8. The molecule has 3 N–H and O–H groups in total. The molecule has 0 amide bonds. The van der Waals surface area contributed by atoms with Gasteiger partial charge in [0.15, 0.2) is 12.2 Å². The van der Waals surface area contributed by atoms with Gasteiger partial charge in [-0.3, -0.25) is 37.3 Å². The van der Waals surface area contributed by atoms with E-state index in [1.165, 1.54) is 161 Å². The van der Waals surface area contributed by atoms with Gasteiger partial charge in [0.05, 0.1) is 26.4 Å². The Balaban J connectivity index is 5.22. The number of carbonyl (C=O) groups is 4. The molecule has 86 heavy (non-hydrogen) atoms. The molecule has 0 saturated heterocycles. The van der Waals surface area contributed by atoms with E-state index in [0.29, 0.717) is 25.7 Å². The van der Waals surface area contributed by atoms with E-state index in [-0.39, 0.29) is 25.7 Å². The molecule has 510 valence electrons. The van der Waals surface area contributed by atoms with Crippen molar-refractivity contribution in [2.75, 3.05) is 39.6 Å². The van der Waals surface area contributed by atoms with Gasteiger partial charge in [-0.25, -0.2) is 9.13 Å². The number of unbranched alkanes of at least 4 members (excludes halogenated alkanes) is 38. The molecule has 0 aliphatic heterocycles. The summed E-state index contributed by atoms with van der Waals surface area (Å²) in [6.07, 6.45) is 45.7. The Morgan fingerprint density at radius 2 is 0.558 bits per heavy atom. The fourth-order valence-corrected chi connectivity index (χ4v) is 11.7. The molecule has 0 bridgehead atoms. The summed E-state index contributed by atoms with van der Waals surface area (Å²) in [4.78, 5) is 72.3. The van der Waals surface area contributed by atoms with E-state index in [9.17, 15) is 43.2 Å². The van der Waals surface area contributed by atoms with Crippen molar-refractivity contribution in [1.82, 2.24) is 0 Å². The topological polar surface area (TPSA) is 237 Å². The number of rotatable bonds is 67. The summed E-state index contributed by atoms with van der Waals surface area (Å²) < 4.78 is 68.1. The van der Waals surface area contributed by atoms with Gasteiger partial charge >= 0.3 is 39.5 Å². The number of phosphoric ester groups is 2. The highest BCUT2D eigenvalue weighted by molar-refractivity contribution is 7.47. The molecule has 0 radical (unpaired) electrons. The lowest BCUT2D eigenvalue weighted by molar-refractivity contribution is -0.161. The highest BCUT2D eigenvalue weighted by atomic mass is 31.2. The van der Waals surface area contributed by atoms with Crippen LogP contribution in [-0.2, 0) is 65.4 Å². The van der Waals surface area contributed by atoms with Crippen LogP contribution in [0.15, 0.2) is 0 Å². The van der Waals surface area contributed by atoms with Crippen LogP contribution in [0.3, 0.4) is 0 Å². The molecule has 0 aliphatic carbocycles. The summed E-state index contributed by atoms with van der Waals surface area (Å²) >= 11 is 0. The number of aliphatic hydroxyl groups excluding tert-OH is 1. The van der Waals surface area contributed by atoms with Crippen molar-refractivity contribution in [2.45, 2.75) is 361 Å². The van der Waals surface area contributed by atoms with Crippen molar-refractivity contribution in [1.29, 1.82) is 0 Å². The van der Waals surface area contributed by atoms with Gasteiger partial charge in [0.25, 0.3) is 0 Å². The molecule has 0 aromatic rings.